The second-order valence-corrected chi connectivity index (χ2v) is 6.24. The molecular formula is C15H22N6O7. The van der Waals surface area contributed by atoms with E-state index >= 15 is 0 Å². The van der Waals surface area contributed by atoms with Crippen LogP contribution in [-0.2, 0) is 19.2 Å². The van der Waals surface area contributed by atoms with Gasteiger partial charge in [-0.15, -0.1) is 0 Å². The fourth-order valence-corrected chi connectivity index (χ4v) is 2.99. The van der Waals surface area contributed by atoms with Crippen molar-refractivity contribution in [1.82, 2.24) is 31.1 Å². The molecule has 13 nitrogen and oxygen atoms in total. The number of aliphatic carboxylic acids is 1. The van der Waals surface area contributed by atoms with E-state index in [1.807, 2.05) is 0 Å². The van der Waals surface area contributed by atoms with E-state index in [1.165, 1.54) is 7.05 Å². The Morgan fingerprint density at radius 1 is 1.29 bits per heavy atom. The third-order valence-corrected chi connectivity index (χ3v) is 4.32. The summed E-state index contributed by atoms with van der Waals surface area (Å²) in [5.74, 6) is -2.43. The van der Waals surface area contributed by atoms with Crippen molar-refractivity contribution in [1.29, 1.82) is 0 Å². The van der Waals surface area contributed by atoms with Crippen LogP contribution in [0.4, 0.5) is 9.59 Å². The number of nitrogens with one attached hydrogen (secondary N) is 3. The van der Waals surface area contributed by atoms with Crippen LogP contribution in [0.5, 0.6) is 0 Å². The smallest absolute Gasteiger partial charge is 0.358 e. The molecule has 13 heteroatoms. The minimum atomic E-state index is -1.27. The van der Waals surface area contributed by atoms with Crippen molar-refractivity contribution < 1.29 is 33.9 Å². The van der Waals surface area contributed by atoms with E-state index in [0.29, 0.717) is 12.7 Å². The zero-order chi connectivity index (χ0) is 20.8. The van der Waals surface area contributed by atoms with Gasteiger partial charge < -0.3 is 20.5 Å². The van der Waals surface area contributed by atoms with Crippen molar-refractivity contribution in [3.63, 3.8) is 0 Å². The quantitative estimate of drug-likeness (QED) is 0.376. The Morgan fingerprint density at radius 3 is 2.61 bits per heavy atom. The SMILES string of the molecule is CNC(=O)NN1CCC(=O)N2CCC[C@@H](C(=O)NC(C=O)CC(=O)O)N2C1=O. The minimum absolute atomic E-state index is 0.0590. The first-order chi connectivity index (χ1) is 13.3. The maximum atomic E-state index is 12.9. The summed E-state index contributed by atoms with van der Waals surface area (Å²) in [5, 5.41) is 16.4. The number of hydrogen-bond acceptors (Lipinski definition) is 6. The molecule has 2 aliphatic rings. The van der Waals surface area contributed by atoms with E-state index in [-0.39, 0.29) is 25.9 Å². The van der Waals surface area contributed by atoms with Gasteiger partial charge in [-0.1, -0.05) is 0 Å². The molecule has 0 saturated carbocycles. The Balaban J connectivity index is 2.24. The lowest BCUT2D eigenvalue weighted by Crippen LogP contribution is -2.65. The maximum Gasteiger partial charge on any atom is 0.358 e. The monoisotopic (exact) mass is 398 g/mol. The van der Waals surface area contributed by atoms with Crippen LogP contribution in [0.15, 0.2) is 0 Å². The number of carbonyl (C=O) groups excluding carboxylic acids is 5. The first-order valence-corrected chi connectivity index (χ1v) is 8.65. The van der Waals surface area contributed by atoms with Crippen LogP contribution in [0, 0.1) is 0 Å². The van der Waals surface area contributed by atoms with E-state index < -0.39 is 48.4 Å². The molecule has 0 aliphatic carbocycles. The van der Waals surface area contributed by atoms with E-state index in [4.69, 9.17) is 5.11 Å². The summed E-state index contributed by atoms with van der Waals surface area (Å²) in [4.78, 5) is 71.3. The van der Waals surface area contributed by atoms with Gasteiger partial charge in [0.15, 0.2) is 0 Å². The van der Waals surface area contributed by atoms with Gasteiger partial charge in [-0.05, 0) is 12.8 Å². The molecule has 0 spiro atoms. The summed E-state index contributed by atoms with van der Waals surface area (Å²) in [6.07, 6.45) is 0.260. The summed E-state index contributed by atoms with van der Waals surface area (Å²) in [7, 11) is 1.36. The Morgan fingerprint density at radius 2 is 2.00 bits per heavy atom. The van der Waals surface area contributed by atoms with Gasteiger partial charge in [0.25, 0.3) is 0 Å². The van der Waals surface area contributed by atoms with E-state index in [0.717, 1.165) is 15.0 Å². The first-order valence-electron chi connectivity index (χ1n) is 8.65. The van der Waals surface area contributed by atoms with Crippen molar-refractivity contribution >= 4 is 36.1 Å². The van der Waals surface area contributed by atoms with Crippen molar-refractivity contribution in [2.24, 2.45) is 0 Å². The zero-order valence-electron chi connectivity index (χ0n) is 15.2. The standard InChI is InChI=1S/C15H22N6O7/c1-16-14(27)18-19-6-4-11(23)20-5-2-3-10(21(20)15(19)28)13(26)17-9(8-22)7-12(24)25/h8-10H,2-7H2,1H3,(H,17,26)(H,24,25)(H2,16,18,27)/t9?,10-/m0/s1. The fraction of sp³-hybridized carbons (Fsp3) is 0.600. The van der Waals surface area contributed by atoms with E-state index in [1.54, 1.807) is 0 Å². The molecule has 0 aromatic carbocycles. The van der Waals surface area contributed by atoms with Gasteiger partial charge >= 0.3 is 18.0 Å². The van der Waals surface area contributed by atoms with E-state index in [2.05, 4.69) is 16.1 Å². The molecule has 2 rings (SSSR count). The second-order valence-electron chi connectivity index (χ2n) is 6.24. The van der Waals surface area contributed by atoms with Gasteiger partial charge in [0.1, 0.15) is 12.3 Å². The van der Waals surface area contributed by atoms with Crippen molar-refractivity contribution in [2.75, 3.05) is 20.1 Å². The minimum Gasteiger partial charge on any atom is -0.481 e. The van der Waals surface area contributed by atoms with Crippen molar-refractivity contribution in [3.05, 3.63) is 0 Å². The van der Waals surface area contributed by atoms with Gasteiger partial charge in [0, 0.05) is 20.0 Å². The Bertz CT molecular complexity index is 684. The molecular weight excluding hydrogens is 376 g/mol. The fourth-order valence-electron chi connectivity index (χ4n) is 2.99. The van der Waals surface area contributed by atoms with Gasteiger partial charge in [-0.3, -0.25) is 14.4 Å². The Labute approximate surface area is 159 Å². The highest BCUT2D eigenvalue weighted by Crippen LogP contribution is 2.23. The topological polar surface area (TPSA) is 168 Å². The predicted molar refractivity (Wildman–Crippen MR) is 91.1 cm³/mol. The van der Waals surface area contributed by atoms with Crippen LogP contribution in [0.25, 0.3) is 0 Å². The lowest BCUT2D eigenvalue weighted by Gasteiger charge is -2.42. The normalized spacial score (nSPS) is 20.6. The summed E-state index contributed by atoms with van der Waals surface area (Å²) < 4.78 is 0. The molecule has 154 valence electrons. The summed E-state index contributed by atoms with van der Waals surface area (Å²) in [5.41, 5.74) is 2.30. The molecule has 1 unspecified atom stereocenters. The molecule has 2 aliphatic heterocycles. The summed E-state index contributed by atoms with van der Waals surface area (Å²) in [6.45, 7) is 0.136. The van der Waals surface area contributed by atoms with Crippen LogP contribution in [0.1, 0.15) is 25.7 Å². The second kappa shape index (κ2) is 9.01. The maximum absolute atomic E-state index is 12.9. The van der Waals surface area contributed by atoms with Crippen LogP contribution in [0.3, 0.4) is 0 Å². The molecule has 0 radical (unpaired) electrons. The molecule has 0 bridgehead atoms. The average molecular weight is 398 g/mol. The molecule has 6 amide bonds. The molecule has 0 aromatic heterocycles. The summed E-state index contributed by atoms with van der Waals surface area (Å²) >= 11 is 0. The molecule has 2 atom stereocenters. The molecule has 2 heterocycles. The zero-order valence-corrected chi connectivity index (χ0v) is 15.2. The van der Waals surface area contributed by atoms with Gasteiger partial charge in [-0.25, -0.2) is 30.0 Å². The van der Waals surface area contributed by atoms with Gasteiger partial charge in [0.2, 0.25) is 11.8 Å². The van der Waals surface area contributed by atoms with Crippen molar-refractivity contribution in [2.45, 2.75) is 37.8 Å². The van der Waals surface area contributed by atoms with E-state index in [9.17, 15) is 28.8 Å². The lowest BCUT2D eigenvalue weighted by atomic mass is 10.1. The average Bonchev–Trinajstić information content (AvgIpc) is 2.78. The highest BCUT2D eigenvalue weighted by molar-refractivity contribution is 5.92. The predicted octanol–water partition coefficient (Wildman–Crippen LogP) is -1.98. The van der Waals surface area contributed by atoms with Gasteiger partial charge in [-0.2, -0.15) is 0 Å². The highest BCUT2D eigenvalue weighted by atomic mass is 16.4. The number of hydrogen-bond donors (Lipinski definition) is 4. The molecule has 4 N–H and O–H groups in total. The molecule has 2 saturated heterocycles. The number of aldehydes is 1. The Kier molecular flexibility index (Phi) is 6.74. The summed E-state index contributed by atoms with van der Waals surface area (Å²) in [6, 6.07) is -3.85. The van der Waals surface area contributed by atoms with Crippen LogP contribution < -0.4 is 16.1 Å². The number of carbonyl (C=O) groups is 6. The van der Waals surface area contributed by atoms with Crippen molar-refractivity contribution in [3.8, 4) is 0 Å². The third-order valence-electron chi connectivity index (χ3n) is 4.32. The number of urea groups is 2. The largest absolute Gasteiger partial charge is 0.481 e. The number of amides is 6. The number of nitrogens with zero attached hydrogens (tertiary/aromatic N) is 3. The van der Waals surface area contributed by atoms with Gasteiger partial charge in [0.05, 0.1) is 19.0 Å². The first kappa shape index (κ1) is 20.9. The van der Waals surface area contributed by atoms with Crippen LogP contribution in [-0.4, -0.2) is 88.5 Å². The molecule has 0 aromatic rings. The number of hydrazine groups is 2. The number of rotatable bonds is 6. The highest BCUT2D eigenvalue weighted by Gasteiger charge is 2.44. The molecule has 28 heavy (non-hydrogen) atoms. The number of fused-ring (bicyclic) bond motifs is 1. The number of carboxylic acid groups (broad SMARTS) is 1. The van der Waals surface area contributed by atoms with Crippen LogP contribution in [0.2, 0.25) is 0 Å². The van der Waals surface area contributed by atoms with Crippen LogP contribution >= 0.6 is 0 Å². The molecule has 2 fully saturated rings. The lowest BCUT2D eigenvalue weighted by molar-refractivity contribution is -0.155. The number of carboxylic acids is 1. The Hall–Kier alpha value is -3.38. The third kappa shape index (κ3) is 4.66.